The third kappa shape index (κ3) is 3.30. The zero-order chi connectivity index (χ0) is 11.5. The molecule has 0 aliphatic heterocycles. The molecule has 0 radical (unpaired) electrons. The van der Waals surface area contributed by atoms with E-state index in [1.807, 2.05) is 0 Å². The van der Waals surface area contributed by atoms with E-state index in [4.69, 9.17) is 4.89 Å². The highest BCUT2D eigenvalue weighted by Gasteiger charge is 2.21. The van der Waals surface area contributed by atoms with Gasteiger partial charge in [0.2, 0.25) is 0 Å². The largest absolute Gasteiger partial charge is 0.544 e. The van der Waals surface area contributed by atoms with Gasteiger partial charge in [-0.3, -0.25) is 15.0 Å². The van der Waals surface area contributed by atoms with Gasteiger partial charge in [-0.15, -0.1) is 0 Å². The molecule has 0 saturated carbocycles. The number of nitrogens with zero attached hydrogens (tertiary/aromatic N) is 1. The highest BCUT2D eigenvalue weighted by Crippen LogP contribution is 2.41. The molecule has 0 aliphatic rings. The molecule has 0 spiro atoms. The number of phosphoric ester groups is 1. The summed E-state index contributed by atoms with van der Waals surface area (Å²) in [6, 6.07) is 4.54. The van der Waals surface area contributed by atoms with Crippen molar-refractivity contribution in [3.05, 3.63) is 34.4 Å². The number of hydrogen-bond donors (Lipinski definition) is 2. The third-order valence-electron chi connectivity index (χ3n) is 1.40. The van der Waals surface area contributed by atoms with Crippen LogP contribution in [0.4, 0.5) is 5.69 Å². The Morgan fingerprint density at radius 2 is 1.93 bits per heavy atom. The summed E-state index contributed by atoms with van der Waals surface area (Å²) in [5.41, 5.74) is -0.163. The molecule has 0 saturated heterocycles. The number of non-ortho nitro benzene ring substituents is 1. The van der Waals surface area contributed by atoms with Crippen LogP contribution in [-0.4, -0.2) is 9.82 Å². The van der Waals surface area contributed by atoms with E-state index in [0.29, 0.717) is 0 Å². The molecule has 0 heterocycles. The summed E-state index contributed by atoms with van der Waals surface area (Å²) < 4.78 is 18.9. The number of nitrogens with two attached hydrogens (primary N) is 1. The molecule has 0 amide bonds. The second-order valence-electron chi connectivity index (χ2n) is 2.42. The normalized spacial score (nSPS) is 14.3. The lowest BCUT2D eigenvalue weighted by Crippen LogP contribution is -2.02. The molecule has 8 nitrogen and oxygen atoms in total. The van der Waals surface area contributed by atoms with Crippen molar-refractivity contribution in [3.63, 3.8) is 0 Å². The number of rotatable bonds is 4. The van der Waals surface area contributed by atoms with Crippen LogP contribution in [-0.2, 0) is 9.19 Å². The van der Waals surface area contributed by atoms with Crippen LogP contribution in [0.15, 0.2) is 24.3 Å². The molecule has 82 valence electrons. The van der Waals surface area contributed by atoms with E-state index in [1.165, 1.54) is 0 Å². The Bertz CT molecular complexity index is 405. The van der Waals surface area contributed by atoms with Crippen LogP contribution >= 0.6 is 7.82 Å². The van der Waals surface area contributed by atoms with E-state index >= 15 is 0 Å². The lowest BCUT2D eigenvalue weighted by molar-refractivity contribution is -0.384. The third-order valence-corrected chi connectivity index (χ3v) is 2.11. The first-order valence-corrected chi connectivity index (χ1v) is 5.09. The number of nitro groups is 1. The lowest BCUT2D eigenvalue weighted by atomic mass is 10.3. The highest BCUT2D eigenvalue weighted by molar-refractivity contribution is 7.47. The van der Waals surface area contributed by atoms with Gasteiger partial charge in [-0.25, -0.2) is 10.5 Å². The quantitative estimate of drug-likeness (QED) is 0.451. The van der Waals surface area contributed by atoms with Crippen LogP contribution in [0.5, 0.6) is 5.75 Å². The number of benzene rings is 1. The van der Waals surface area contributed by atoms with Crippen molar-refractivity contribution in [1.29, 1.82) is 0 Å². The van der Waals surface area contributed by atoms with Crippen molar-refractivity contribution in [3.8, 4) is 5.75 Å². The zero-order valence-electron chi connectivity index (χ0n) is 7.27. The van der Waals surface area contributed by atoms with Crippen molar-refractivity contribution in [2.24, 2.45) is 5.90 Å². The molecule has 0 bridgehead atoms. The van der Waals surface area contributed by atoms with E-state index < -0.39 is 12.7 Å². The predicted octanol–water partition coefficient (Wildman–Crippen LogP) is 0.964. The molecular formula is C6H7N2O6P. The second kappa shape index (κ2) is 4.37. The molecule has 1 aromatic carbocycles. The number of nitro benzene ring substituents is 1. The van der Waals surface area contributed by atoms with Crippen molar-refractivity contribution in [2.75, 3.05) is 0 Å². The van der Waals surface area contributed by atoms with Gasteiger partial charge < -0.3 is 4.52 Å². The van der Waals surface area contributed by atoms with Gasteiger partial charge in [-0.1, -0.05) is 0 Å². The molecule has 0 fully saturated rings. The number of hydrogen-bond acceptors (Lipinski definition) is 6. The monoisotopic (exact) mass is 234 g/mol. The maximum absolute atomic E-state index is 10.8. The van der Waals surface area contributed by atoms with E-state index in [1.54, 1.807) is 0 Å². The van der Waals surface area contributed by atoms with E-state index in [-0.39, 0.29) is 11.4 Å². The average Bonchev–Trinajstić information content (AvgIpc) is 2.18. The minimum Gasteiger partial charge on any atom is -0.403 e. The summed E-state index contributed by atoms with van der Waals surface area (Å²) in [6.45, 7) is 0. The first-order valence-electron chi connectivity index (χ1n) is 3.60. The van der Waals surface area contributed by atoms with Crippen LogP contribution in [0.3, 0.4) is 0 Å². The van der Waals surface area contributed by atoms with Crippen molar-refractivity contribution < 1.29 is 23.5 Å². The SMILES string of the molecule is NOP(=O)(O)Oc1ccc([N+](=O)[O-])cc1. The van der Waals surface area contributed by atoms with Gasteiger partial charge in [0.15, 0.2) is 0 Å². The molecular weight excluding hydrogens is 227 g/mol. The van der Waals surface area contributed by atoms with Crippen molar-refractivity contribution in [1.82, 2.24) is 0 Å². The molecule has 1 aromatic rings. The van der Waals surface area contributed by atoms with Gasteiger partial charge in [0, 0.05) is 12.1 Å². The molecule has 9 heteroatoms. The van der Waals surface area contributed by atoms with Gasteiger partial charge in [0.25, 0.3) is 5.69 Å². The Balaban J connectivity index is 2.82. The Hall–Kier alpha value is -1.47. The topological polar surface area (TPSA) is 125 Å². The van der Waals surface area contributed by atoms with Gasteiger partial charge in [-0.2, -0.15) is 4.62 Å². The molecule has 1 rings (SSSR count). The zero-order valence-corrected chi connectivity index (χ0v) is 8.16. The van der Waals surface area contributed by atoms with Gasteiger partial charge >= 0.3 is 7.82 Å². The molecule has 0 aliphatic carbocycles. The standard InChI is InChI=1S/C6H7N2O6P/c7-14-15(11,12)13-6-3-1-5(2-4-6)8(9)10/h1-4H,7H2,(H,11,12). The smallest absolute Gasteiger partial charge is 0.403 e. The average molecular weight is 234 g/mol. The maximum Gasteiger partial charge on any atom is 0.544 e. The highest BCUT2D eigenvalue weighted by atomic mass is 31.2. The first kappa shape index (κ1) is 11.6. The molecule has 3 N–H and O–H groups in total. The second-order valence-corrected chi connectivity index (χ2v) is 3.75. The predicted molar refractivity (Wildman–Crippen MR) is 48.8 cm³/mol. The summed E-state index contributed by atoms with van der Waals surface area (Å²) in [5.74, 6) is 4.43. The maximum atomic E-state index is 10.8. The minimum atomic E-state index is -4.33. The fourth-order valence-corrected chi connectivity index (χ4v) is 1.21. The van der Waals surface area contributed by atoms with Crippen molar-refractivity contribution in [2.45, 2.75) is 0 Å². The summed E-state index contributed by atoms with van der Waals surface area (Å²) in [5, 5.41) is 10.3. The van der Waals surface area contributed by atoms with Gasteiger partial charge in [-0.05, 0) is 12.1 Å². The summed E-state index contributed by atoms with van der Waals surface area (Å²) in [6.07, 6.45) is 0. The summed E-state index contributed by atoms with van der Waals surface area (Å²) in [4.78, 5) is 18.5. The van der Waals surface area contributed by atoms with Gasteiger partial charge in [0.1, 0.15) is 5.75 Å². The summed E-state index contributed by atoms with van der Waals surface area (Å²) in [7, 11) is -4.33. The van der Waals surface area contributed by atoms with E-state index in [9.17, 15) is 14.7 Å². The lowest BCUT2D eigenvalue weighted by Gasteiger charge is -2.08. The minimum absolute atomic E-state index is 0.0584. The van der Waals surface area contributed by atoms with Crippen LogP contribution in [0.25, 0.3) is 0 Å². The van der Waals surface area contributed by atoms with Crippen LogP contribution in [0.2, 0.25) is 0 Å². The first-order chi connectivity index (χ1) is 6.94. The van der Waals surface area contributed by atoms with Crippen LogP contribution in [0.1, 0.15) is 0 Å². The summed E-state index contributed by atoms with van der Waals surface area (Å²) >= 11 is 0. The van der Waals surface area contributed by atoms with Crippen molar-refractivity contribution >= 4 is 13.5 Å². The Morgan fingerprint density at radius 3 is 2.33 bits per heavy atom. The van der Waals surface area contributed by atoms with E-state index in [2.05, 4.69) is 15.0 Å². The molecule has 1 unspecified atom stereocenters. The number of phosphoric acid groups is 1. The van der Waals surface area contributed by atoms with E-state index in [0.717, 1.165) is 24.3 Å². The Kier molecular flexibility index (Phi) is 3.38. The molecule has 1 atom stereocenters. The molecule has 0 aromatic heterocycles. The molecule has 15 heavy (non-hydrogen) atoms. The Labute approximate surface area is 83.9 Å². The van der Waals surface area contributed by atoms with Gasteiger partial charge in [0.05, 0.1) is 4.92 Å². The Morgan fingerprint density at radius 1 is 1.40 bits per heavy atom. The van der Waals surface area contributed by atoms with Crippen LogP contribution < -0.4 is 10.4 Å². The van der Waals surface area contributed by atoms with Crippen LogP contribution in [0, 0.1) is 10.1 Å². The fourth-order valence-electron chi connectivity index (χ4n) is 0.783. The fraction of sp³-hybridized carbons (Fsp3) is 0.